The van der Waals surface area contributed by atoms with E-state index in [9.17, 15) is 9.18 Å². The summed E-state index contributed by atoms with van der Waals surface area (Å²) < 4.78 is 13.5. The summed E-state index contributed by atoms with van der Waals surface area (Å²) >= 11 is 0. The molecule has 0 bridgehead atoms. The maximum absolute atomic E-state index is 13.5. The molecule has 2 rings (SSSR count). The van der Waals surface area contributed by atoms with Crippen LogP contribution < -0.4 is 10.6 Å². The summed E-state index contributed by atoms with van der Waals surface area (Å²) in [4.78, 5) is 14.4. The lowest BCUT2D eigenvalue weighted by atomic mass is 10.0. The van der Waals surface area contributed by atoms with Crippen LogP contribution in [-0.2, 0) is 0 Å². The Labute approximate surface area is 132 Å². The van der Waals surface area contributed by atoms with E-state index in [1.165, 1.54) is 18.9 Å². The molecule has 1 fully saturated rings. The second kappa shape index (κ2) is 8.13. The standard InChI is InChI=1S/C17H26FN3O/c1-13(2)11-14(21-9-5-6-10-21)12-19-17(22)20-16-8-4-3-7-15(16)18/h3-4,7-8,13-14H,5-6,9-12H2,1-2H3,(H2,19,20,22)/t14-/m1/s1. The molecule has 0 saturated carbocycles. The first-order valence-corrected chi connectivity index (χ1v) is 8.09. The van der Waals surface area contributed by atoms with Crippen LogP contribution in [0, 0.1) is 11.7 Å². The van der Waals surface area contributed by atoms with Crippen LogP contribution in [0.5, 0.6) is 0 Å². The Morgan fingerprint density at radius 2 is 1.95 bits per heavy atom. The first-order chi connectivity index (χ1) is 10.6. The van der Waals surface area contributed by atoms with E-state index >= 15 is 0 Å². The molecule has 1 atom stereocenters. The lowest BCUT2D eigenvalue weighted by Crippen LogP contribution is -2.44. The first-order valence-electron chi connectivity index (χ1n) is 8.09. The van der Waals surface area contributed by atoms with Crippen molar-refractivity contribution in [2.45, 2.75) is 39.2 Å². The summed E-state index contributed by atoms with van der Waals surface area (Å²) in [5.41, 5.74) is 0.210. The number of nitrogens with zero attached hydrogens (tertiary/aromatic N) is 1. The third-order valence-corrected chi connectivity index (χ3v) is 4.02. The van der Waals surface area contributed by atoms with Gasteiger partial charge in [0.2, 0.25) is 0 Å². The number of hydrogen-bond donors (Lipinski definition) is 2. The van der Waals surface area contributed by atoms with Gasteiger partial charge in [-0.15, -0.1) is 0 Å². The number of hydrogen-bond acceptors (Lipinski definition) is 2. The average molecular weight is 307 g/mol. The van der Waals surface area contributed by atoms with Gasteiger partial charge in [-0.2, -0.15) is 0 Å². The van der Waals surface area contributed by atoms with E-state index in [4.69, 9.17) is 0 Å². The van der Waals surface area contributed by atoms with E-state index in [1.807, 2.05) is 0 Å². The fourth-order valence-corrected chi connectivity index (χ4v) is 2.95. The van der Waals surface area contributed by atoms with Crippen LogP contribution in [0.25, 0.3) is 0 Å². The monoisotopic (exact) mass is 307 g/mol. The normalized spacial score (nSPS) is 16.7. The Balaban J connectivity index is 1.85. The Bertz CT molecular complexity index is 487. The van der Waals surface area contributed by atoms with Gasteiger partial charge in [-0.3, -0.25) is 4.90 Å². The predicted molar refractivity (Wildman–Crippen MR) is 87.5 cm³/mol. The fourth-order valence-electron chi connectivity index (χ4n) is 2.95. The van der Waals surface area contributed by atoms with Crippen molar-refractivity contribution in [3.05, 3.63) is 30.1 Å². The molecule has 0 aliphatic carbocycles. The minimum absolute atomic E-state index is 0.210. The summed E-state index contributed by atoms with van der Waals surface area (Å²) in [5, 5.41) is 5.45. The molecule has 0 unspecified atom stereocenters. The Hall–Kier alpha value is -1.62. The highest BCUT2D eigenvalue weighted by Crippen LogP contribution is 2.17. The summed E-state index contributed by atoms with van der Waals surface area (Å²) in [6.07, 6.45) is 3.52. The molecular weight excluding hydrogens is 281 g/mol. The molecule has 122 valence electrons. The van der Waals surface area contributed by atoms with Crippen molar-refractivity contribution in [1.82, 2.24) is 10.2 Å². The number of carbonyl (C=O) groups is 1. The third kappa shape index (κ3) is 4.98. The number of amides is 2. The number of halogens is 1. The van der Waals surface area contributed by atoms with Crippen molar-refractivity contribution < 1.29 is 9.18 Å². The van der Waals surface area contributed by atoms with E-state index in [0.717, 1.165) is 19.5 Å². The number of carbonyl (C=O) groups excluding carboxylic acids is 1. The van der Waals surface area contributed by atoms with E-state index in [-0.39, 0.29) is 11.7 Å². The van der Waals surface area contributed by atoms with Crippen molar-refractivity contribution in [3.8, 4) is 0 Å². The summed E-state index contributed by atoms with van der Waals surface area (Å²) in [6, 6.07) is 6.20. The van der Waals surface area contributed by atoms with Crippen molar-refractivity contribution >= 4 is 11.7 Å². The maximum Gasteiger partial charge on any atom is 0.319 e. The molecule has 1 aliphatic rings. The van der Waals surface area contributed by atoms with E-state index in [0.29, 0.717) is 18.5 Å². The fraction of sp³-hybridized carbons (Fsp3) is 0.588. The highest BCUT2D eigenvalue weighted by atomic mass is 19.1. The molecule has 0 spiro atoms. The molecule has 0 aromatic heterocycles. The highest BCUT2D eigenvalue weighted by Gasteiger charge is 2.23. The lowest BCUT2D eigenvalue weighted by Gasteiger charge is -2.29. The number of benzene rings is 1. The zero-order valence-corrected chi connectivity index (χ0v) is 13.4. The number of rotatable bonds is 6. The van der Waals surface area contributed by atoms with Crippen molar-refractivity contribution in [2.24, 2.45) is 5.92 Å². The molecule has 2 amide bonds. The van der Waals surface area contributed by atoms with E-state index < -0.39 is 5.82 Å². The van der Waals surface area contributed by atoms with Crippen LogP contribution in [-0.4, -0.2) is 36.6 Å². The third-order valence-electron chi connectivity index (χ3n) is 4.02. The molecule has 1 heterocycles. The van der Waals surface area contributed by atoms with Crippen LogP contribution in [0.1, 0.15) is 33.1 Å². The van der Waals surface area contributed by atoms with Gasteiger partial charge in [-0.1, -0.05) is 26.0 Å². The topological polar surface area (TPSA) is 44.4 Å². The van der Waals surface area contributed by atoms with Gasteiger partial charge < -0.3 is 10.6 Å². The number of nitrogens with one attached hydrogen (secondary N) is 2. The van der Waals surface area contributed by atoms with Gasteiger partial charge in [0.25, 0.3) is 0 Å². The van der Waals surface area contributed by atoms with Crippen molar-refractivity contribution in [3.63, 3.8) is 0 Å². The molecule has 1 aliphatic heterocycles. The molecule has 0 radical (unpaired) electrons. The zero-order valence-electron chi connectivity index (χ0n) is 13.4. The number of anilines is 1. The summed E-state index contributed by atoms with van der Waals surface area (Å²) in [6.45, 7) is 7.20. The molecule has 4 nitrogen and oxygen atoms in total. The average Bonchev–Trinajstić information content (AvgIpc) is 2.99. The minimum atomic E-state index is -0.420. The minimum Gasteiger partial charge on any atom is -0.336 e. The van der Waals surface area contributed by atoms with Gasteiger partial charge in [0.05, 0.1) is 5.69 Å². The van der Waals surface area contributed by atoms with Crippen LogP contribution in [0.3, 0.4) is 0 Å². The zero-order chi connectivity index (χ0) is 15.9. The molecule has 22 heavy (non-hydrogen) atoms. The predicted octanol–water partition coefficient (Wildman–Crippen LogP) is 3.46. The maximum atomic E-state index is 13.5. The Morgan fingerprint density at radius 3 is 2.59 bits per heavy atom. The van der Waals surface area contributed by atoms with E-state index in [2.05, 4.69) is 29.4 Å². The lowest BCUT2D eigenvalue weighted by molar-refractivity contribution is 0.204. The van der Waals surface area contributed by atoms with Crippen LogP contribution in [0.4, 0.5) is 14.9 Å². The van der Waals surface area contributed by atoms with E-state index in [1.54, 1.807) is 18.2 Å². The number of urea groups is 1. The van der Waals surface area contributed by atoms with Crippen LogP contribution >= 0.6 is 0 Å². The summed E-state index contributed by atoms with van der Waals surface area (Å²) in [5.74, 6) is 0.165. The number of para-hydroxylation sites is 1. The van der Waals surface area contributed by atoms with Crippen molar-refractivity contribution in [1.29, 1.82) is 0 Å². The molecule has 1 aromatic rings. The van der Waals surface area contributed by atoms with Gasteiger partial charge in [0, 0.05) is 12.6 Å². The van der Waals surface area contributed by atoms with Crippen LogP contribution in [0.15, 0.2) is 24.3 Å². The SMILES string of the molecule is CC(C)C[C@H](CNC(=O)Nc1ccccc1F)N1CCCC1. The van der Waals surface area contributed by atoms with Gasteiger partial charge in [0.1, 0.15) is 5.82 Å². The van der Waals surface area contributed by atoms with Crippen LogP contribution in [0.2, 0.25) is 0 Å². The Morgan fingerprint density at radius 1 is 1.27 bits per heavy atom. The van der Waals surface area contributed by atoms with Gasteiger partial charge in [-0.05, 0) is 50.4 Å². The van der Waals surface area contributed by atoms with Gasteiger partial charge >= 0.3 is 6.03 Å². The first kappa shape index (κ1) is 16.7. The smallest absolute Gasteiger partial charge is 0.319 e. The van der Waals surface area contributed by atoms with Gasteiger partial charge in [-0.25, -0.2) is 9.18 Å². The quantitative estimate of drug-likeness (QED) is 0.845. The van der Waals surface area contributed by atoms with Crippen molar-refractivity contribution in [2.75, 3.05) is 25.0 Å². The molecular formula is C17H26FN3O. The second-order valence-corrected chi connectivity index (χ2v) is 6.34. The second-order valence-electron chi connectivity index (χ2n) is 6.34. The highest BCUT2D eigenvalue weighted by molar-refractivity contribution is 5.89. The molecule has 5 heteroatoms. The molecule has 2 N–H and O–H groups in total. The number of likely N-dealkylation sites (tertiary alicyclic amines) is 1. The summed E-state index contributed by atoms with van der Waals surface area (Å²) in [7, 11) is 0. The van der Waals surface area contributed by atoms with Gasteiger partial charge in [0.15, 0.2) is 0 Å². The largest absolute Gasteiger partial charge is 0.336 e. The molecule has 1 saturated heterocycles. The molecule has 1 aromatic carbocycles. The Kier molecular flexibility index (Phi) is 6.19.